The third kappa shape index (κ3) is 2.09. The highest BCUT2D eigenvalue weighted by molar-refractivity contribution is 5.95. The maximum atomic E-state index is 12.2. The van der Waals surface area contributed by atoms with Gasteiger partial charge in [0.2, 0.25) is 5.91 Å². The molecular formula is C13H18N2O. The standard InChI is InChI=1S/C13H18N2O/c1-10-12(8-9-14-10)13(16)15(2)11-6-4-3-5-7-11/h3-7,10,12,14H,8-9H2,1-2H3. The summed E-state index contributed by atoms with van der Waals surface area (Å²) in [6.07, 6.45) is 0.942. The largest absolute Gasteiger partial charge is 0.315 e. The van der Waals surface area contributed by atoms with Gasteiger partial charge in [0.1, 0.15) is 0 Å². The molecule has 3 heteroatoms. The molecule has 86 valence electrons. The molecule has 0 aromatic heterocycles. The van der Waals surface area contributed by atoms with Crippen LogP contribution in [0.3, 0.4) is 0 Å². The summed E-state index contributed by atoms with van der Waals surface area (Å²) in [7, 11) is 1.85. The molecule has 1 saturated heterocycles. The van der Waals surface area contributed by atoms with Crippen molar-refractivity contribution in [2.75, 3.05) is 18.5 Å². The molecule has 0 aliphatic carbocycles. The van der Waals surface area contributed by atoms with Crippen molar-refractivity contribution < 1.29 is 4.79 Å². The Hall–Kier alpha value is -1.35. The zero-order chi connectivity index (χ0) is 11.5. The first-order valence-corrected chi connectivity index (χ1v) is 5.76. The first kappa shape index (κ1) is 11.1. The van der Waals surface area contributed by atoms with Gasteiger partial charge in [-0.05, 0) is 32.0 Å². The molecular weight excluding hydrogens is 200 g/mol. The van der Waals surface area contributed by atoms with Gasteiger partial charge in [-0.1, -0.05) is 18.2 Å². The van der Waals surface area contributed by atoms with Gasteiger partial charge < -0.3 is 10.2 Å². The lowest BCUT2D eigenvalue weighted by atomic mass is 10.0. The van der Waals surface area contributed by atoms with E-state index in [1.54, 1.807) is 4.90 Å². The Morgan fingerprint density at radius 3 is 2.62 bits per heavy atom. The van der Waals surface area contributed by atoms with E-state index in [0.717, 1.165) is 18.7 Å². The Balaban J connectivity index is 2.10. The van der Waals surface area contributed by atoms with Crippen LogP contribution in [0.4, 0.5) is 5.69 Å². The van der Waals surface area contributed by atoms with Crippen LogP contribution in [0.2, 0.25) is 0 Å². The van der Waals surface area contributed by atoms with E-state index in [-0.39, 0.29) is 11.8 Å². The van der Waals surface area contributed by atoms with Crippen molar-refractivity contribution in [1.82, 2.24) is 5.32 Å². The van der Waals surface area contributed by atoms with Crippen LogP contribution in [0.1, 0.15) is 13.3 Å². The maximum absolute atomic E-state index is 12.2. The van der Waals surface area contributed by atoms with Crippen molar-refractivity contribution in [3.63, 3.8) is 0 Å². The van der Waals surface area contributed by atoms with E-state index in [2.05, 4.69) is 12.2 Å². The molecule has 1 aliphatic heterocycles. The van der Waals surface area contributed by atoms with Crippen LogP contribution >= 0.6 is 0 Å². The number of hydrogen-bond acceptors (Lipinski definition) is 2. The van der Waals surface area contributed by atoms with Crippen molar-refractivity contribution in [1.29, 1.82) is 0 Å². The van der Waals surface area contributed by atoms with Crippen LogP contribution in [-0.2, 0) is 4.79 Å². The molecule has 2 unspecified atom stereocenters. The Labute approximate surface area is 96.5 Å². The monoisotopic (exact) mass is 218 g/mol. The minimum absolute atomic E-state index is 0.116. The fraction of sp³-hybridized carbons (Fsp3) is 0.462. The van der Waals surface area contributed by atoms with Crippen LogP contribution in [0, 0.1) is 5.92 Å². The Kier molecular flexibility index (Phi) is 3.25. The molecule has 3 nitrogen and oxygen atoms in total. The average Bonchev–Trinajstić information content (AvgIpc) is 2.75. The van der Waals surface area contributed by atoms with Gasteiger partial charge in [0, 0.05) is 18.8 Å². The molecule has 1 aromatic carbocycles. The Bertz CT molecular complexity index is 363. The van der Waals surface area contributed by atoms with Crippen LogP contribution < -0.4 is 10.2 Å². The third-order valence-corrected chi connectivity index (χ3v) is 3.32. The molecule has 0 radical (unpaired) electrons. The maximum Gasteiger partial charge on any atom is 0.231 e. The predicted molar refractivity (Wildman–Crippen MR) is 65.4 cm³/mol. The number of benzene rings is 1. The van der Waals surface area contributed by atoms with Crippen LogP contribution in [0.5, 0.6) is 0 Å². The second-order valence-corrected chi connectivity index (χ2v) is 4.37. The smallest absolute Gasteiger partial charge is 0.231 e. The van der Waals surface area contributed by atoms with Gasteiger partial charge in [0.25, 0.3) is 0 Å². The first-order valence-electron chi connectivity index (χ1n) is 5.76. The minimum Gasteiger partial charge on any atom is -0.315 e. The number of nitrogens with zero attached hydrogens (tertiary/aromatic N) is 1. The fourth-order valence-electron chi connectivity index (χ4n) is 2.22. The van der Waals surface area contributed by atoms with E-state index in [4.69, 9.17) is 0 Å². The average molecular weight is 218 g/mol. The van der Waals surface area contributed by atoms with Gasteiger partial charge in [-0.15, -0.1) is 0 Å². The SMILES string of the molecule is CC1NCCC1C(=O)N(C)c1ccccc1. The van der Waals surface area contributed by atoms with Crippen molar-refractivity contribution in [3.8, 4) is 0 Å². The lowest BCUT2D eigenvalue weighted by Gasteiger charge is -2.23. The molecule has 1 fully saturated rings. The number of para-hydroxylation sites is 1. The van der Waals surface area contributed by atoms with Gasteiger partial charge in [-0.3, -0.25) is 4.79 Å². The number of anilines is 1. The topological polar surface area (TPSA) is 32.3 Å². The lowest BCUT2D eigenvalue weighted by Crippen LogP contribution is -2.38. The van der Waals surface area contributed by atoms with Crippen molar-refractivity contribution in [2.24, 2.45) is 5.92 Å². The van der Waals surface area contributed by atoms with Crippen LogP contribution in [0.15, 0.2) is 30.3 Å². The number of rotatable bonds is 2. The Morgan fingerprint density at radius 2 is 2.06 bits per heavy atom. The van der Waals surface area contributed by atoms with E-state index >= 15 is 0 Å². The second-order valence-electron chi connectivity index (χ2n) is 4.37. The van der Waals surface area contributed by atoms with E-state index in [0.29, 0.717) is 6.04 Å². The van der Waals surface area contributed by atoms with Gasteiger partial charge in [0.05, 0.1) is 5.92 Å². The zero-order valence-corrected chi connectivity index (χ0v) is 9.81. The molecule has 1 aliphatic rings. The summed E-state index contributed by atoms with van der Waals surface area (Å²) in [4.78, 5) is 14.0. The molecule has 0 spiro atoms. The molecule has 1 aromatic rings. The molecule has 2 atom stereocenters. The second kappa shape index (κ2) is 4.66. The van der Waals surface area contributed by atoms with Gasteiger partial charge in [-0.25, -0.2) is 0 Å². The lowest BCUT2D eigenvalue weighted by molar-refractivity contribution is -0.122. The summed E-state index contributed by atoms with van der Waals surface area (Å²) in [6.45, 7) is 3.02. The van der Waals surface area contributed by atoms with Crippen LogP contribution in [0.25, 0.3) is 0 Å². The van der Waals surface area contributed by atoms with Gasteiger partial charge in [0.15, 0.2) is 0 Å². The van der Waals surface area contributed by atoms with Crippen LogP contribution in [-0.4, -0.2) is 25.5 Å². The predicted octanol–water partition coefficient (Wildman–Crippen LogP) is 1.65. The van der Waals surface area contributed by atoms with E-state index in [1.807, 2.05) is 37.4 Å². The summed E-state index contributed by atoms with van der Waals surface area (Å²) in [5, 5.41) is 3.31. The number of nitrogens with one attached hydrogen (secondary N) is 1. The highest BCUT2D eigenvalue weighted by Gasteiger charge is 2.31. The molecule has 1 N–H and O–H groups in total. The first-order chi connectivity index (χ1) is 7.70. The molecule has 16 heavy (non-hydrogen) atoms. The number of amides is 1. The number of carbonyl (C=O) groups excluding carboxylic acids is 1. The van der Waals surface area contributed by atoms with Crippen molar-refractivity contribution >= 4 is 11.6 Å². The number of hydrogen-bond donors (Lipinski definition) is 1. The zero-order valence-electron chi connectivity index (χ0n) is 9.81. The molecule has 1 amide bonds. The fourth-order valence-corrected chi connectivity index (χ4v) is 2.22. The summed E-state index contributed by atoms with van der Waals surface area (Å²) < 4.78 is 0. The quantitative estimate of drug-likeness (QED) is 0.818. The summed E-state index contributed by atoms with van der Waals surface area (Å²) in [5.41, 5.74) is 0.964. The Morgan fingerprint density at radius 1 is 1.38 bits per heavy atom. The summed E-state index contributed by atoms with van der Waals surface area (Å²) in [6, 6.07) is 10.1. The van der Waals surface area contributed by atoms with E-state index in [9.17, 15) is 4.79 Å². The number of carbonyl (C=O) groups is 1. The van der Waals surface area contributed by atoms with Crippen molar-refractivity contribution in [2.45, 2.75) is 19.4 Å². The molecule has 1 heterocycles. The third-order valence-electron chi connectivity index (χ3n) is 3.32. The minimum atomic E-state index is 0.116. The van der Waals surface area contributed by atoms with Gasteiger partial charge >= 0.3 is 0 Å². The highest BCUT2D eigenvalue weighted by atomic mass is 16.2. The van der Waals surface area contributed by atoms with Gasteiger partial charge in [-0.2, -0.15) is 0 Å². The molecule has 0 saturated carbocycles. The van der Waals surface area contributed by atoms with E-state index < -0.39 is 0 Å². The molecule has 0 bridgehead atoms. The van der Waals surface area contributed by atoms with E-state index in [1.165, 1.54) is 0 Å². The summed E-state index contributed by atoms with van der Waals surface area (Å²) in [5.74, 6) is 0.328. The summed E-state index contributed by atoms with van der Waals surface area (Å²) >= 11 is 0. The van der Waals surface area contributed by atoms with Crippen molar-refractivity contribution in [3.05, 3.63) is 30.3 Å². The normalized spacial score (nSPS) is 24.4. The molecule has 2 rings (SSSR count). The highest BCUT2D eigenvalue weighted by Crippen LogP contribution is 2.21.